The number of hydrogen-bond donors (Lipinski definition) is 2. The van der Waals surface area contributed by atoms with Crippen LogP contribution in [0.25, 0.3) is 0 Å². The first-order chi connectivity index (χ1) is 9.16. The summed E-state index contributed by atoms with van der Waals surface area (Å²) >= 11 is 1.74. The van der Waals surface area contributed by atoms with E-state index >= 15 is 0 Å². The highest BCUT2D eigenvalue weighted by molar-refractivity contribution is 7.99. The van der Waals surface area contributed by atoms with Crippen LogP contribution in [0, 0.1) is 13.8 Å². The summed E-state index contributed by atoms with van der Waals surface area (Å²) in [5, 5.41) is 9.97. The lowest BCUT2D eigenvalue weighted by Crippen LogP contribution is -2.21. The maximum absolute atomic E-state index is 12.4. The second-order valence-corrected chi connectivity index (χ2v) is 5.76. The second-order valence-electron chi connectivity index (χ2n) is 4.70. The number of H-pyrrole nitrogens is 1. The number of fused-ring (bicyclic) bond motifs is 1. The van der Waals surface area contributed by atoms with Crippen LogP contribution in [0.3, 0.4) is 0 Å². The first kappa shape index (κ1) is 12.3. The van der Waals surface area contributed by atoms with E-state index in [2.05, 4.69) is 21.6 Å². The van der Waals surface area contributed by atoms with Crippen molar-refractivity contribution in [3.05, 3.63) is 41.2 Å². The van der Waals surface area contributed by atoms with Crippen molar-refractivity contribution in [2.45, 2.75) is 24.7 Å². The van der Waals surface area contributed by atoms with Gasteiger partial charge in [0.05, 0.1) is 23.0 Å². The molecule has 2 N–H and O–H groups in total. The van der Waals surface area contributed by atoms with Gasteiger partial charge in [-0.2, -0.15) is 5.10 Å². The fraction of sp³-hybridized carbons (Fsp3) is 0.286. The second kappa shape index (κ2) is 4.74. The summed E-state index contributed by atoms with van der Waals surface area (Å²) in [5.41, 5.74) is 3.65. The summed E-state index contributed by atoms with van der Waals surface area (Å²) in [6.07, 6.45) is 0. The molecule has 1 aliphatic rings. The van der Waals surface area contributed by atoms with E-state index < -0.39 is 0 Å². The van der Waals surface area contributed by atoms with Gasteiger partial charge in [-0.25, -0.2) is 0 Å². The Bertz CT molecular complexity index is 616. The molecule has 0 bridgehead atoms. The predicted octanol–water partition coefficient (Wildman–Crippen LogP) is 2.85. The molecule has 0 radical (unpaired) electrons. The van der Waals surface area contributed by atoms with Crippen molar-refractivity contribution in [3.63, 3.8) is 0 Å². The van der Waals surface area contributed by atoms with E-state index in [0.29, 0.717) is 0 Å². The standard InChI is InChI=1S/C14H15N3OS/c1-8-13(9(2)17-16-8)15-14(18)11-7-19-12-6-4-3-5-10(11)12/h3-6,11H,7H2,1-2H3,(H,15,18)(H,16,17). The fourth-order valence-electron chi connectivity index (χ4n) is 2.33. The van der Waals surface area contributed by atoms with Gasteiger partial charge in [-0.05, 0) is 25.5 Å². The molecule has 19 heavy (non-hydrogen) atoms. The summed E-state index contributed by atoms with van der Waals surface area (Å²) in [6.45, 7) is 3.80. The molecule has 2 heterocycles. The largest absolute Gasteiger partial charge is 0.322 e. The Labute approximate surface area is 116 Å². The van der Waals surface area contributed by atoms with Crippen LogP contribution in [-0.2, 0) is 4.79 Å². The minimum atomic E-state index is -0.0742. The molecular formula is C14H15N3OS. The molecule has 5 heteroatoms. The summed E-state index contributed by atoms with van der Waals surface area (Å²) < 4.78 is 0. The Hall–Kier alpha value is -1.75. The van der Waals surface area contributed by atoms with Gasteiger partial charge in [0.1, 0.15) is 0 Å². The highest BCUT2D eigenvalue weighted by atomic mass is 32.2. The van der Waals surface area contributed by atoms with Crippen LogP contribution in [0.1, 0.15) is 22.9 Å². The van der Waals surface area contributed by atoms with E-state index in [1.54, 1.807) is 11.8 Å². The van der Waals surface area contributed by atoms with Crippen molar-refractivity contribution in [3.8, 4) is 0 Å². The topological polar surface area (TPSA) is 57.8 Å². The predicted molar refractivity (Wildman–Crippen MR) is 76.6 cm³/mol. The number of aromatic amines is 1. The van der Waals surface area contributed by atoms with E-state index in [9.17, 15) is 4.79 Å². The molecule has 0 fully saturated rings. The van der Waals surface area contributed by atoms with Crippen LogP contribution in [-0.4, -0.2) is 21.9 Å². The van der Waals surface area contributed by atoms with Gasteiger partial charge < -0.3 is 5.32 Å². The third-order valence-corrected chi connectivity index (χ3v) is 4.58. The lowest BCUT2D eigenvalue weighted by Gasteiger charge is -2.11. The average molecular weight is 273 g/mol. The van der Waals surface area contributed by atoms with Crippen molar-refractivity contribution < 1.29 is 4.79 Å². The Balaban J connectivity index is 1.83. The molecule has 1 aromatic heterocycles. The molecule has 1 unspecified atom stereocenters. The summed E-state index contributed by atoms with van der Waals surface area (Å²) in [6, 6.07) is 8.10. The third kappa shape index (κ3) is 2.14. The monoisotopic (exact) mass is 273 g/mol. The van der Waals surface area contributed by atoms with Gasteiger partial charge in [0, 0.05) is 10.6 Å². The van der Waals surface area contributed by atoms with Crippen molar-refractivity contribution in [1.29, 1.82) is 0 Å². The van der Waals surface area contributed by atoms with E-state index in [1.165, 1.54) is 4.90 Å². The highest BCUT2D eigenvalue weighted by Crippen LogP contribution is 2.39. The summed E-state index contributed by atoms with van der Waals surface area (Å²) in [7, 11) is 0. The van der Waals surface area contributed by atoms with E-state index in [0.717, 1.165) is 28.4 Å². The Kier molecular flexibility index (Phi) is 3.06. The number of carbonyl (C=O) groups is 1. The molecule has 3 rings (SSSR count). The number of nitrogens with zero attached hydrogens (tertiary/aromatic N) is 1. The SMILES string of the molecule is Cc1n[nH]c(C)c1NC(=O)C1CSc2ccccc21. The van der Waals surface area contributed by atoms with E-state index in [-0.39, 0.29) is 11.8 Å². The lowest BCUT2D eigenvalue weighted by molar-refractivity contribution is -0.117. The molecule has 1 amide bonds. The molecule has 1 aromatic carbocycles. The van der Waals surface area contributed by atoms with Crippen LogP contribution in [0.15, 0.2) is 29.2 Å². The van der Waals surface area contributed by atoms with E-state index in [4.69, 9.17) is 0 Å². The Morgan fingerprint density at radius 1 is 1.42 bits per heavy atom. The number of hydrogen-bond acceptors (Lipinski definition) is 3. The fourth-order valence-corrected chi connectivity index (χ4v) is 3.55. The van der Waals surface area contributed by atoms with Crippen molar-refractivity contribution >= 4 is 23.4 Å². The minimum absolute atomic E-state index is 0.0463. The van der Waals surface area contributed by atoms with Crippen LogP contribution < -0.4 is 5.32 Å². The zero-order valence-corrected chi connectivity index (χ0v) is 11.7. The molecule has 98 valence electrons. The van der Waals surface area contributed by atoms with E-state index in [1.807, 2.05) is 32.0 Å². The normalized spacial score (nSPS) is 17.3. The first-order valence-corrected chi connectivity index (χ1v) is 7.19. The minimum Gasteiger partial charge on any atom is -0.322 e. The quantitative estimate of drug-likeness (QED) is 0.884. The van der Waals surface area contributed by atoms with Crippen molar-refractivity contribution in [1.82, 2.24) is 10.2 Å². The maximum Gasteiger partial charge on any atom is 0.232 e. The smallest absolute Gasteiger partial charge is 0.232 e. The molecule has 0 aliphatic carbocycles. The Morgan fingerprint density at radius 3 is 2.95 bits per heavy atom. The number of carbonyl (C=O) groups excluding carboxylic acids is 1. The number of benzene rings is 1. The molecule has 0 saturated carbocycles. The molecule has 0 spiro atoms. The van der Waals surface area contributed by atoms with Gasteiger partial charge in [-0.1, -0.05) is 18.2 Å². The average Bonchev–Trinajstić information content (AvgIpc) is 2.97. The first-order valence-electron chi connectivity index (χ1n) is 6.21. The van der Waals surface area contributed by atoms with Gasteiger partial charge in [0.15, 0.2) is 0 Å². The molecule has 2 aromatic rings. The molecule has 1 aliphatic heterocycles. The van der Waals surface area contributed by atoms with Gasteiger partial charge in [-0.15, -0.1) is 11.8 Å². The molecule has 1 atom stereocenters. The number of thioether (sulfide) groups is 1. The maximum atomic E-state index is 12.4. The van der Waals surface area contributed by atoms with Gasteiger partial charge >= 0.3 is 0 Å². The number of aromatic nitrogens is 2. The number of amides is 1. The lowest BCUT2D eigenvalue weighted by atomic mass is 10.0. The zero-order chi connectivity index (χ0) is 13.4. The van der Waals surface area contributed by atoms with Gasteiger partial charge in [0.2, 0.25) is 5.91 Å². The number of anilines is 1. The molecule has 0 saturated heterocycles. The van der Waals surface area contributed by atoms with Crippen LogP contribution in [0.5, 0.6) is 0 Å². The van der Waals surface area contributed by atoms with Crippen molar-refractivity contribution in [2.24, 2.45) is 0 Å². The van der Waals surface area contributed by atoms with Crippen LogP contribution in [0.2, 0.25) is 0 Å². The number of rotatable bonds is 2. The third-order valence-electron chi connectivity index (χ3n) is 3.39. The molecular weight excluding hydrogens is 258 g/mol. The summed E-state index contributed by atoms with van der Waals surface area (Å²) in [5.74, 6) is 0.779. The summed E-state index contributed by atoms with van der Waals surface area (Å²) in [4.78, 5) is 13.6. The highest BCUT2D eigenvalue weighted by Gasteiger charge is 2.29. The number of aryl methyl sites for hydroxylation is 2. The molecule has 4 nitrogen and oxygen atoms in total. The van der Waals surface area contributed by atoms with Crippen molar-refractivity contribution in [2.75, 3.05) is 11.1 Å². The zero-order valence-electron chi connectivity index (χ0n) is 10.9. The Morgan fingerprint density at radius 2 is 2.21 bits per heavy atom. The van der Waals surface area contributed by atoms with Crippen LogP contribution in [0.4, 0.5) is 5.69 Å². The van der Waals surface area contributed by atoms with Gasteiger partial charge in [0.25, 0.3) is 0 Å². The van der Waals surface area contributed by atoms with Crippen LogP contribution >= 0.6 is 11.8 Å². The number of nitrogens with one attached hydrogen (secondary N) is 2. The van der Waals surface area contributed by atoms with Gasteiger partial charge in [-0.3, -0.25) is 9.89 Å².